The summed E-state index contributed by atoms with van der Waals surface area (Å²) >= 11 is 0. The van der Waals surface area contributed by atoms with Gasteiger partial charge in [-0.15, -0.1) is 0 Å². The Morgan fingerprint density at radius 1 is 1.57 bits per heavy atom. The van der Waals surface area contributed by atoms with E-state index in [1.54, 1.807) is 31.4 Å². The van der Waals surface area contributed by atoms with Crippen molar-refractivity contribution in [3.8, 4) is 5.75 Å². The monoisotopic (exact) mass is 311 g/mol. The fraction of sp³-hybridized carbons (Fsp3) is 0.308. The van der Waals surface area contributed by atoms with Gasteiger partial charge in [0.25, 0.3) is 0 Å². The Hall–Kier alpha value is -2.06. The molecule has 1 aliphatic rings. The minimum Gasteiger partial charge on any atom is -0.496 e. The van der Waals surface area contributed by atoms with E-state index in [1.165, 1.54) is 5.41 Å². The molecule has 0 amide bonds. The van der Waals surface area contributed by atoms with Crippen molar-refractivity contribution in [1.29, 1.82) is 0 Å². The number of sulfone groups is 1. The van der Waals surface area contributed by atoms with E-state index < -0.39 is 9.84 Å². The number of hydrogen-bond acceptors (Lipinski definition) is 6. The normalized spacial score (nSPS) is 20.6. The molecule has 1 aromatic rings. The topological polar surface area (TPSA) is 114 Å². The number of benzene rings is 1. The number of oxime groups is 1. The molecule has 8 heteroatoms. The lowest BCUT2D eigenvalue weighted by Crippen LogP contribution is -2.29. The number of methoxy groups -OCH3 is 1. The average Bonchev–Trinajstić information content (AvgIpc) is 2.83. The third kappa shape index (κ3) is 3.73. The molecule has 0 radical (unpaired) electrons. The van der Waals surface area contributed by atoms with Gasteiger partial charge in [0.1, 0.15) is 5.75 Å². The van der Waals surface area contributed by atoms with Crippen molar-refractivity contribution < 1.29 is 18.4 Å². The van der Waals surface area contributed by atoms with Gasteiger partial charge in [0.15, 0.2) is 15.7 Å². The summed E-state index contributed by atoms with van der Waals surface area (Å²) in [6, 6.07) is 4.89. The smallest absolute Gasteiger partial charge is 0.173 e. The molecule has 2 rings (SSSR count). The molecule has 114 valence electrons. The summed E-state index contributed by atoms with van der Waals surface area (Å²) in [7, 11) is -1.54. The van der Waals surface area contributed by atoms with Gasteiger partial charge in [-0.2, -0.15) is 0 Å². The second-order valence-corrected chi connectivity index (χ2v) is 6.59. The van der Waals surface area contributed by atoms with Crippen molar-refractivity contribution in [2.45, 2.75) is 12.6 Å². The molecule has 7 nitrogen and oxygen atoms in total. The van der Waals surface area contributed by atoms with Crippen molar-refractivity contribution in [3.63, 3.8) is 0 Å². The number of amidine groups is 1. The largest absolute Gasteiger partial charge is 0.496 e. The van der Waals surface area contributed by atoms with E-state index in [1.807, 2.05) is 0 Å². The van der Waals surface area contributed by atoms with E-state index in [4.69, 9.17) is 15.7 Å². The maximum atomic E-state index is 11.3. The second-order valence-electron chi connectivity index (χ2n) is 4.66. The van der Waals surface area contributed by atoms with Crippen LogP contribution < -0.4 is 15.8 Å². The van der Waals surface area contributed by atoms with Crippen molar-refractivity contribution in [1.82, 2.24) is 5.32 Å². The van der Waals surface area contributed by atoms with Crippen LogP contribution in [0, 0.1) is 0 Å². The number of hydrogen-bond donors (Lipinski definition) is 3. The van der Waals surface area contributed by atoms with E-state index in [2.05, 4.69) is 10.5 Å². The Kier molecular flexibility index (Phi) is 4.49. The Morgan fingerprint density at radius 2 is 2.33 bits per heavy atom. The third-order valence-electron chi connectivity index (χ3n) is 3.17. The van der Waals surface area contributed by atoms with E-state index in [0.717, 1.165) is 5.56 Å². The van der Waals surface area contributed by atoms with Gasteiger partial charge in [-0.1, -0.05) is 11.2 Å². The Bertz CT molecular complexity index is 683. The lowest BCUT2D eigenvalue weighted by Gasteiger charge is -2.14. The molecule has 0 saturated heterocycles. The molecule has 0 aromatic heterocycles. The molecule has 0 aliphatic carbocycles. The minimum atomic E-state index is -3.09. The van der Waals surface area contributed by atoms with Crippen LogP contribution in [0.2, 0.25) is 0 Å². The number of nitrogens with zero attached hydrogens (tertiary/aromatic N) is 1. The zero-order chi connectivity index (χ0) is 15.5. The van der Waals surface area contributed by atoms with Gasteiger partial charge >= 0.3 is 0 Å². The Morgan fingerprint density at radius 3 is 2.90 bits per heavy atom. The highest BCUT2D eigenvalue weighted by Gasteiger charge is 2.21. The molecule has 0 saturated carbocycles. The molecule has 21 heavy (non-hydrogen) atoms. The summed E-state index contributed by atoms with van der Waals surface area (Å²) in [5.41, 5.74) is 6.91. The highest BCUT2D eigenvalue weighted by molar-refractivity contribution is 7.94. The summed E-state index contributed by atoms with van der Waals surface area (Å²) in [6.07, 6.45) is 1.62. The van der Waals surface area contributed by atoms with Gasteiger partial charge in [-0.05, 0) is 18.2 Å². The first-order valence-corrected chi connectivity index (χ1v) is 7.96. The number of nitrogens with two attached hydrogens (primary N) is 1. The summed E-state index contributed by atoms with van der Waals surface area (Å²) in [6.45, 7) is 0.403. The van der Waals surface area contributed by atoms with Crippen molar-refractivity contribution in [2.75, 3.05) is 12.9 Å². The van der Waals surface area contributed by atoms with Gasteiger partial charge in [0.05, 0.1) is 12.9 Å². The molecular formula is C13H17N3O4S. The fourth-order valence-electron chi connectivity index (χ4n) is 2.08. The molecular weight excluding hydrogens is 294 g/mol. The molecule has 1 unspecified atom stereocenters. The standard InChI is InChI=1S/C13H17N3O4S/c1-20-12-3-2-9(13(14)16-17)6-10(12)7-15-11-4-5-21(18,19)8-11/h2-6,11,15,17H,7-8H2,1H3,(H2,14,16). The van der Waals surface area contributed by atoms with Crippen LogP contribution in [-0.2, 0) is 16.4 Å². The van der Waals surface area contributed by atoms with Crippen LogP contribution in [0.15, 0.2) is 34.8 Å². The highest BCUT2D eigenvalue weighted by atomic mass is 32.2. The summed E-state index contributed by atoms with van der Waals surface area (Å²) in [5, 5.41) is 16.0. The quantitative estimate of drug-likeness (QED) is 0.309. The van der Waals surface area contributed by atoms with Crippen LogP contribution in [-0.4, -0.2) is 38.4 Å². The second kappa shape index (κ2) is 6.15. The first-order chi connectivity index (χ1) is 9.95. The lowest BCUT2D eigenvalue weighted by molar-refractivity contribution is 0.318. The predicted octanol–water partition coefficient (Wildman–Crippen LogP) is 0.190. The first kappa shape index (κ1) is 15.3. The van der Waals surface area contributed by atoms with Gasteiger partial charge in [-0.25, -0.2) is 8.42 Å². The third-order valence-corrected chi connectivity index (χ3v) is 4.56. The molecule has 1 aliphatic heterocycles. The number of nitrogens with one attached hydrogen (secondary N) is 1. The van der Waals surface area contributed by atoms with E-state index in [-0.39, 0.29) is 17.6 Å². The van der Waals surface area contributed by atoms with Gasteiger partial charge in [0.2, 0.25) is 0 Å². The zero-order valence-electron chi connectivity index (χ0n) is 11.5. The maximum Gasteiger partial charge on any atom is 0.173 e. The molecule has 1 heterocycles. The molecule has 1 atom stereocenters. The van der Waals surface area contributed by atoms with E-state index in [9.17, 15) is 8.42 Å². The van der Waals surface area contributed by atoms with Crippen molar-refractivity contribution >= 4 is 15.7 Å². The molecule has 4 N–H and O–H groups in total. The van der Waals surface area contributed by atoms with Crippen LogP contribution >= 0.6 is 0 Å². The Labute approximate surface area is 123 Å². The van der Waals surface area contributed by atoms with Crippen LogP contribution in [0.5, 0.6) is 5.75 Å². The fourth-order valence-corrected chi connectivity index (χ4v) is 3.35. The molecule has 1 aromatic carbocycles. The Balaban J connectivity index is 2.13. The lowest BCUT2D eigenvalue weighted by atomic mass is 10.1. The number of ether oxygens (including phenoxy) is 1. The van der Waals surface area contributed by atoms with Gasteiger partial charge < -0.3 is 21.0 Å². The molecule has 0 spiro atoms. The van der Waals surface area contributed by atoms with Crippen LogP contribution in [0.4, 0.5) is 0 Å². The van der Waals surface area contributed by atoms with Gasteiger partial charge in [-0.3, -0.25) is 0 Å². The summed E-state index contributed by atoms with van der Waals surface area (Å²) < 4.78 is 27.9. The summed E-state index contributed by atoms with van der Waals surface area (Å²) in [5.74, 6) is 0.693. The molecule has 0 fully saturated rings. The minimum absolute atomic E-state index is 0.00208. The van der Waals surface area contributed by atoms with E-state index >= 15 is 0 Å². The van der Waals surface area contributed by atoms with E-state index in [0.29, 0.717) is 17.9 Å². The molecule has 0 bridgehead atoms. The zero-order valence-corrected chi connectivity index (χ0v) is 12.3. The van der Waals surface area contributed by atoms with Crippen molar-refractivity contribution in [2.24, 2.45) is 10.9 Å². The van der Waals surface area contributed by atoms with Crippen molar-refractivity contribution in [3.05, 3.63) is 40.8 Å². The first-order valence-electron chi connectivity index (χ1n) is 6.24. The highest BCUT2D eigenvalue weighted by Crippen LogP contribution is 2.20. The van der Waals surface area contributed by atoms with Crippen LogP contribution in [0.25, 0.3) is 0 Å². The average molecular weight is 311 g/mol. The summed E-state index contributed by atoms with van der Waals surface area (Å²) in [4.78, 5) is 0. The van der Waals surface area contributed by atoms with Crippen LogP contribution in [0.3, 0.4) is 0 Å². The number of rotatable bonds is 5. The SMILES string of the molecule is COc1ccc(/C(N)=N/O)cc1CNC1C=CS(=O)(=O)C1. The maximum absolute atomic E-state index is 11.3. The van der Waals surface area contributed by atoms with Gasteiger partial charge in [0, 0.05) is 29.1 Å². The predicted molar refractivity (Wildman–Crippen MR) is 79.1 cm³/mol. The van der Waals surface area contributed by atoms with Crippen LogP contribution in [0.1, 0.15) is 11.1 Å².